The summed E-state index contributed by atoms with van der Waals surface area (Å²) in [6.45, 7) is 2.20. The maximum Gasteiger partial charge on any atom is 0.472 e. The van der Waals surface area contributed by atoms with Gasteiger partial charge in [0.15, 0.2) is 6.10 Å². The average Bonchev–Trinajstić information content (AvgIpc) is 2.05. The normalized spacial score (nSPS) is 15.1. The van der Waals surface area contributed by atoms with E-state index in [1.165, 1.54) is 0 Å². The number of hydrogen-bond acceptors (Lipinski definition) is 14. The molecule has 0 aliphatic heterocycles. The van der Waals surface area contributed by atoms with Gasteiger partial charge >= 0.3 is 33.6 Å². The standard InChI is InChI=1S/C77H124O16P2/c1-4-7-10-13-16-19-22-25-28-31-33-34-35-36-38-41-42-45-48-51-54-57-60-63-75(80)87-66-72(78)67-89-94(83,84)90-68-73(79)69-91-95(85,86)92-71-74(93-77(82)65-62-59-56-53-50-47-44-39-30-27-24-21-18-15-12-9-6-3)70-88-76(81)64-61-58-55-52-49-46-43-40-37-32-29-26-23-20-17-14-11-8-5-2/h7-12,16-21,25-30,33-34,36-38,40,44,47,53,56,72-74,78-79H,4-6,13-15,22-24,31-32,35,39,41-43,45-46,48-52,54-55,57-71H2,1-3H3,(H,83,84)(H,85,86)/b10-7-,11-8-,12-9-,19-16-,20-17-,21-18-,28-25-,29-26-,30-27-,34-33-,38-36-,40-37-,47-44-,56-53-. The molecule has 0 aromatic heterocycles. The lowest BCUT2D eigenvalue weighted by molar-refractivity contribution is -0.161. The van der Waals surface area contributed by atoms with Crippen LogP contribution in [0.15, 0.2) is 170 Å². The maximum atomic E-state index is 12.9. The monoisotopic (exact) mass is 1370 g/mol. The fourth-order valence-electron chi connectivity index (χ4n) is 8.62. The molecule has 0 saturated carbocycles. The Bertz CT molecular complexity index is 2410. The van der Waals surface area contributed by atoms with E-state index in [-0.39, 0.29) is 19.3 Å². The van der Waals surface area contributed by atoms with E-state index in [0.29, 0.717) is 25.7 Å². The van der Waals surface area contributed by atoms with Crippen molar-refractivity contribution in [1.29, 1.82) is 0 Å². The molecule has 0 spiro atoms. The number of phosphoric ester groups is 2. The Morgan fingerprint density at radius 1 is 0.295 bits per heavy atom. The predicted molar refractivity (Wildman–Crippen MR) is 389 cm³/mol. The van der Waals surface area contributed by atoms with Crippen molar-refractivity contribution in [2.45, 2.75) is 257 Å². The number of aliphatic hydroxyl groups is 2. The summed E-state index contributed by atoms with van der Waals surface area (Å²) in [4.78, 5) is 58.5. The number of rotatable bonds is 65. The summed E-state index contributed by atoms with van der Waals surface area (Å²) in [6.07, 6.45) is 85.5. The van der Waals surface area contributed by atoms with E-state index in [4.69, 9.17) is 32.3 Å². The second-order valence-corrected chi connectivity index (χ2v) is 25.8. The average molecular weight is 1370 g/mol. The van der Waals surface area contributed by atoms with Crippen LogP contribution in [0, 0.1) is 0 Å². The van der Waals surface area contributed by atoms with Crippen molar-refractivity contribution in [2.24, 2.45) is 0 Å². The van der Waals surface area contributed by atoms with Gasteiger partial charge in [0, 0.05) is 19.3 Å². The second-order valence-electron chi connectivity index (χ2n) is 22.9. The minimum atomic E-state index is -4.95. The molecule has 95 heavy (non-hydrogen) atoms. The fourth-order valence-corrected chi connectivity index (χ4v) is 10.2. The van der Waals surface area contributed by atoms with Crippen LogP contribution >= 0.6 is 15.6 Å². The van der Waals surface area contributed by atoms with Crippen molar-refractivity contribution in [3.63, 3.8) is 0 Å². The molecule has 5 atom stereocenters. The van der Waals surface area contributed by atoms with E-state index in [1.54, 1.807) is 0 Å². The summed E-state index contributed by atoms with van der Waals surface area (Å²) in [5.41, 5.74) is 0. The van der Waals surface area contributed by atoms with E-state index in [9.17, 15) is 43.5 Å². The predicted octanol–water partition coefficient (Wildman–Crippen LogP) is 20.1. The summed E-state index contributed by atoms with van der Waals surface area (Å²) in [5.74, 6) is -1.68. The molecule has 5 unspecified atom stereocenters. The first kappa shape index (κ1) is 89.9. The molecule has 0 amide bonds. The van der Waals surface area contributed by atoms with E-state index in [1.807, 2.05) is 12.2 Å². The van der Waals surface area contributed by atoms with Gasteiger partial charge in [0.25, 0.3) is 0 Å². The minimum Gasteiger partial charge on any atom is -0.463 e. The highest BCUT2D eigenvalue weighted by Gasteiger charge is 2.29. The van der Waals surface area contributed by atoms with Crippen LogP contribution in [-0.2, 0) is 55.8 Å². The molecule has 0 rings (SSSR count). The maximum absolute atomic E-state index is 12.9. The van der Waals surface area contributed by atoms with Gasteiger partial charge in [0.05, 0.1) is 26.4 Å². The molecule has 0 bridgehead atoms. The summed E-state index contributed by atoms with van der Waals surface area (Å²) >= 11 is 0. The van der Waals surface area contributed by atoms with Gasteiger partial charge < -0.3 is 34.2 Å². The topological polar surface area (TPSA) is 231 Å². The molecule has 0 radical (unpaired) electrons. The summed E-state index contributed by atoms with van der Waals surface area (Å²) in [6, 6.07) is 0. The van der Waals surface area contributed by atoms with Crippen molar-refractivity contribution >= 4 is 33.6 Å². The molecular formula is C77H124O16P2. The highest BCUT2D eigenvalue weighted by Crippen LogP contribution is 2.45. The van der Waals surface area contributed by atoms with E-state index in [0.717, 1.165) is 173 Å². The number of hydrogen-bond donors (Lipinski definition) is 4. The molecule has 0 aliphatic carbocycles. The van der Waals surface area contributed by atoms with Crippen LogP contribution in [-0.4, -0.2) is 95.9 Å². The lowest BCUT2D eigenvalue weighted by Crippen LogP contribution is -2.30. The highest BCUT2D eigenvalue weighted by molar-refractivity contribution is 7.47. The van der Waals surface area contributed by atoms with Crippen LogP contribution in [0.4, 0.5) is 0 Å². The SMILES string of the molecule is CC/C=C\C/C=C\C/C=C\C/C=C\C/C=C\CCCCCCCCCC(=O)OCC(O)COP(=O)(O)OCC(O)COP(=O)(O)OCC(COC(=O)CCCCCCCC/C=C\C/C=C\C/C=C\C/C=C\CC)OC(=O)CCC/C=C\C/C=C\C/C=C\C/C=C\C/C=C\CC. The lowest BCUT2D eigenvalue weighted by atomic mass is 10.1. The Hall–Kier alpha value is -5.09. The van der Waals surface area contributed by atoms with Crippen molar-refractivity contribution in [1.82, 2.24) is 0 Å². The van der Waals surface area contributed by atoms with Gasteiger partial charge in [-0.2, -0.15) is 0 Å². The minimum absolute atomic E-state index is 0.0160. The van der Waals surface area contributed by atoms with Crippen molar-refractivity contribution < 1.29 is 75.8 Å². The number of unbranched alkanes of at least 4 members (excludes halogenated alkanes) is 14. The van der Waals surface area contributed by atoms with Crippen LogP contribution in [0.2, 0.25) is 0 Å². The number of carbonyl (C=O) groups is 3. The zero-order valence-corrected chi connectivity index (χ0v) is 60.1. The molecule has 0 aliphatic rings. The Kier molecular flexibility index (Phi) is 65.1. The van der Waals surface area contributed by atoms with Crippen LogP contribution < -0.4 is 0 Å². The molecule has 0 saturated heterocycles. The Balaban J connectivity index is 4.74. The first-order chi connectivity index (χ1) is 46.2. The number of carbonyl (C=O) groups excluding carboxylic acids is 3. The Morgan fingerprint density at radius 3 is 0.863 bits per heavy atom. The molecule has 538 valence electrons. The molecule has 0 aromatic rings. The summed E-state index contributed by atoms with van der Waals surface area (Å²) in [7, 11) is -9.82. The zero-order chi connectivity index (χ0) is 69.5. The van der Waals surface area contributed by atoms with E-state index >= 15 is 0 Å². The quantitative estimate of drug-likeness (QED) is 0.0146. The molecule has 4 N–H and O–H groups in total. The third kappa shape index (κ3) is 70.1. The fraction of sp³-hybridized carbons (Fsp3) is 0.597. The molecular weight excluding hydrogens is 1240 g/mol. The smallest absolute Gasteiger partial charge is 0.463 e. The third-order valence-corrected chi connectivity index (χ3v) is 15.8. The number of esters is 3. The molecule has 0 aromatic carbocycles. The van der Waals surface area contributed by atoms with Crippen LogP contribution in [0.1, 0.15) is 239 Å². The molecule has 0 heterocycles. The van der Waals surface area contributed by atoms with Gasteiger partial charge in [-0.25, -0.2) is 9.13 Å². The zero-order valence-electron chi connectivity index (χ0n) is 58.3. The lowest BCUT2D eigenvalue weighted by Gasteiger charge is -2.21. The molecule has 0 fully saturated rings. The Morgan fingerprint density at radius 2 is 0.537 bits per heavy atom. The van der Waals surface area contributed by atoms with Crippen molar-refractivity contribution in [2.75, 3.05) is 39.6 Å². The third-order valence-electron chi connectivity index (χ3n) is 13.9. The Labute approximate surface area is 573 Å². The summed E-state index contributed by atoms with van der Waals surface area (Å²) < 4.78 is 60.9. The van der Waals surface area contributed by atoms with E-state index < -0.39 is 91.5 Å². The number of ether oxygens (including phenoxy) is 3. The van der Waals surface area contributed by atoms with Gasteiger partial charge in [0.2, 0.25) is 0 Å². The largest absolute Gasteiger partial charge is 0.472 e. The second kappa shape index (κ2) is 68.8. The highest BCUT2D eigenvalue weighted by atomic mass is 31.2. The molecule has 18 heteroatoms. The number of allylic oxidation sites excluding steroid dienone is 28. The summed E-state index contributed by atoms with van der Waals surface area (Å²) in [5, 5.41) is 20.6. The van der Waals surface area contributed by atoms with Gasteiger partial charge in [0.1, 0.15) is 25.4 Å². The van der Waals surface area contributed by atoms with Crippen molar-refractivity contribution in [3.05, 3.63) is 170 Å². The van der Waals surface area contributed by atoms with Gasteiger partial charge in [-0.3, -0.25) is 32.5 Å². The van der Waals surface area contributed by atoms with E-state index in [2.05, 4.69) is 179 Å². The first-order valence-corrected chi connectivity index (χ1v) is 38.4. The van der Waals surface area contributed by atoms with Gasteiger partial charge in [-0.1, -0.05) is 249 Å². The van der Waals surface area contributed by atoms with Crippen LogP contribution in [0.5, 0.6) is 0 Å². The molecule has 16 nitrogen and oxygen atoms in total. The van der Waals surface area contributed by atoms with Gasteiger partial charge in [-0.05, 0) is 141 Å². The van der Waals surface area contributed by atoms with Crippen molar-refractivity contribution in [3.8, 4) is 0 Å². The van der Waals surface area contributed by atoms with Gasteiger partial charge in [-0.15, -0.1) is 0 Å². The first-order valence-electron chi connectivity index (χ1n) is 35.4. The van der Waals surface area contributed by atoms with Crippen LogP contribution in [0.25, 0.3) is 0 Å². The number of phosphoric acid groups is 2. The van der Waals surface area contributed by atoms with Crippen LogP contribution in [0.3, 0.4) is 0 Å². The number of aliphatic hydroxyl groups excluding tert-OH is 2.